The molecule has 112 valence electrons. The van der Waals surface area contributed by atoms with Crippen molar-refractivity contribution in [1.82, 2.24) is 9.78 Å². The highest BCUT2D eigenvalue weighted by Crippen LogP contribution is 2.30. The van der Waals surface area contributed by atoms with Crippen molar-refractivity contribution in [3.05, 3.63) is 49.7 Å². The zero-order valence-electron chi connectivity index (χ0n) is 12.3. The lowest BCUT2D eigenvalue weighted by Gasteiger charge is -2.16. The minimum atomic E-state index is -0.410. The molecule has 1 atom stereocenters. The van der Waals surface area contributed by atoms with E-state index < -0.39 is 4.92 Å². The minimum Gasteiger partial charge on any atom is -0.378 e. The Hall–Kier alpha value is -1.89. The van der Waals surface area contributed by atoms with Crippen LogP contribution in [-0.4, -0.2) is 14.7 Å². The van der Waals surface area contributed by atoms with Gasteiger partial charge in [-0.15, -0.1) is 0 Å². The average Bonchev–Trinajstić information content (AvgIpc) is 2.62. The van der Waals surface area contributed by atoms with Crippen LogP contribution in [0, 0.1) is 24.0 Å². The number of nitrogens with zero attached hydrogens (tertiary/aromatic N) is 3. The number of hydrogen-bond acceptors (Lipinski definition) is 4. The Kier molecular flexibility index (Phi) is 4.32. The number of benzene rings is 1. The number of aromatic nitrogens is 2. The van der Waals surface area contributed by atoms with E-state index in [1.54, 1.807) is 12.1 Å². The lowest BCUT2D eigenvalue weighted by atomic mass is 10.1. The lowest BCUT2D eigenvalue weighted by Crippen LogP contribution is -2.09. The molecule has 1 unspecified atom stereocenters. The van der Waals surface area contributed by atoms with E-state index in [4.69, 9.17) is 0 Å². The number of anilines is 1. The van der Waals surface area contributed by atoms with Crippen molar-refractivity contribution in [3.63, 3.8) is 0 Å². The molecule has 1 heterocycles. The minimum absolute atomic E-state index is 0.0574. The highest BCUT2D eigenvalue weighted by atomic mass is 79.9. The van der Waals surface area contributed by atoms with E-state index in [-0.39, 0.29) is 11.7 Å². The number of hydrogen-bond donors (Lipinski definition) is 1. The second-order valence-corrected chi connectivity index (χ2v) is 5.85. The molecule has 0 radical (unpaired) electrons. The van der Waals surface area contributed by atoms with Crippen molar-refractivity contribution < 1.29 is 4.92 Å². The number of nitrogens with one attached hydrogen (secondary N) is 1. The Morgan fingerprint density at radius 1 is 1.43 bits per heavy atom. The van der Waals surface area contributed by atoms with Crippen LogP contribution < -0.4 is 5.32 Å². The van der Waals surface area contributed by atoms with Crippen LogP contribution in [0.25, 0.3) is 0 Å². The van der Waals surface area contributed by atoms with Crippen LogP contribution >= 0.6 is 15.9 Å². The van der Waals surface area contributed by atoms with Crippen molar-refractivity contribution in [3.8, 4) is 0 Å². The number of nitro benzene ring substituents is 1. The van der Waals surface area contributed by atoms with Crippen LogP contribution in [-0.2, 0) is 7.05 Å². The second-order valence-electron chi connectivity index (χ2n) is 5.00. The van der Waals surface area contributed by atoms with Crippen LogP contribution in [0.5, 0.6) is 0 Å². The standard InChI is InChI=1S/C14H17BrN4O2/c1-8(14-9(2)17-18(4)10(14)3)16-11-5-6-13(19(20)21)12(15)7-11/h5-8,16H,1-4H3. The molecule has 1 aromatic carbocycles. The number of rotatable bonds is 4. The van der Waals surface area contributed by atoms with Gasteiger partial charge in [0.15, 0.2) is 0 Å². The third-order valence-corrected chi connectivity index (χ3v) is 4.16. The van der Waals surface area contributed by atoms with Gasteiger partial charge in [-0.1, -0.05) is 0 Å². The fourth-order valence-corrected chi connectivity index (χ4v) is 3.01. The summed E-state index contributed by atoms with van der Waals surface area (Å²) in [6.45, 7) is 6.05. The molecule has 21 heavy (non-hydrogen) atoms. The zero-order valence-corrected chi connectivity index (χ0v) is 13.9. The van der Waals surface area contributed by atoms with Crippen molar-refractivity contribution in [2.75, 3.05) is 5.32 Å². The van der Waals surface area contributed by atoms with Gasteiger partial charge in [0.25, 0.3) is 5.69 Å². The fourth-order valence-electron chi connectivity index (χ4n) is 2.48. The van der Waals surface area contributed by atoms with Crippen LogP contribution in [0.15, 0.2) is 22.7 Å². The van der Waals surface area contributed by atoms with Gasteiger partial charge in [0, 0.05) is 30.1 Å². The monoisotopic (exact) mass is 352 g/mol. The quantitative estimate of drug-likeness (QED) is 0.669. The van der Waals surface area contributed by atoms with Crippen LogP contribution in [0.2, 0.25) is 0 Å². The molecular formula is C14H17BrN4O2. The summed E-state index contributed by atoms with van der Waals surface area (Å²) in [5.74, 6) is 0. The Labute approximate surface area is 131 Å². The molecule has 0 saturated carbocycles. The van der Waals surface area contributed by atoms with Gasteiger partial charge in [-0.2, -0.15) is 5.10 Å². The SMILES string of the molecule is Cc1nn(C)c(C)c1C(C)Nc1ccc([N+](=O)[O-])c(Br)c1. The molecule has 0 aliphatic rings. The predicted octanol–water partition coefficient (Wildman–Crippen LogP) is 3.88. The summed E-state index contributed by atoms with van der Waals surface area (Å²) in [6.07, 6.45) is 0. The van der Waals surface area contributed by atoms with Crippen molar-refractivity contribution in [2.24, 2.45) is 7.05 Å². The number of halogens is 1. The Morgan fingerprint density at radius 3 is 2.57 bits per heavy atom. The maximum absolute atomic E-state index is 10.8. The van der Waals surface area contributed by atoms with Gasteiger partial charge in [0.1, 0.15) is 0 Å². The highest BCUT2D eigenvalue weighted by molar-refractivity contribution is 9.10. The van der Waals surface area contributed by atoms with Gasteiger partial charge in [-0.25, -0.2) is 0 Å². The Bertz CT molecular complexity index is 697. The predicted molar refractivity (Wildman–Crippen MR) is 85.5 cm³/mol. The summed E-state index contributed by atoms with van der Waals surface area (Å²) in [5.41, 5.74) is 4.11. The van der Waals surface area contributed by atoms with Gasteiger partial charge in [0.05, 0.1) is 21.1 Å². The van der Waals surface area contributed by atoms with Gasteiger partial charge >= 0.3 is 0 Å². The molecule has 0 aliphatic carbocycles. The summed E-state index contributed by atoms with van der Waals surface area (Å²) >= 11 is 3.23. The normalized spacial score (nSPS) is 12.2. The van der Waals surface area contributed by atoms with Gasteiger partial charge in [-0.3, -0.25) is 14.8 Å². The van der Waals surface area contributed by atoms with Crippen LogP contribution in [0.1, 0.15) is 29.9 Å². The van der Waals surface area contributed by atoms with Crippen molar-refractivity contribution in [2.45, 2.75) is 26.8 Å². The number of nitro groups is 1. The molecule has 0 fully saturated rings. The first-order valence-corrected chi connectivity index (χ1v) is 7.31. The summed E-state index contributed by atoms with van der Waals surface area (Å²) in [6, 6.07) is 4.98. The maximum atomic E-state index is 10.8. The first-order chi connectivity index (χ1) is 9.81. The Balaban J connectivity index is 2.25. The van der Waals surface area contributed by atoms with E-state index in [0.717, 1.165) is 22.6 Å². The first-order valence-electron chi connectivity index (χ1n) is 6.51. The molecule has 1 N–H and O–H groups in total. The maximum Gasteiger partial charge on any atom is 0.283 e. The molecule has 1 aromatic heterocycles. The Morgan fingerprint density at radius 2 is 2.10 bits per heavy atom. The van der Waals surface area contributed by atoms with Crippen molar-refractivity contribution in [1.29, 1.82) is 0 Å². The van der Waals surface area contributed by atoms with E-state index >= 15 is 0 Å². The molecule has 2 rings (SSSR count). The largest absolute Gasteiger partial charge is 0.378 e. The summed E-state index contributed by atoms with van der Waals surface area (Å²) < 4.78 is 2.32. The zero-order chi connectivity index (χ0) is 15.7. The van der Waals surface area contributed by atoms with Crippen molar-refractivity contribution >= 4 is 27.3 Å². The topological polar surface area (TPSA) is 73.0 Å². The highest BCUT2D eigenvalue weighted by Gasteiger charge is 2.17. The summed E-state index contributed by atoms with van der Waals surface area (Å²) in [5, 5.41) is 18.6. The van der Waals surface area contributed by atoms with Gasteiger partial charge in [-0.05, 0) is 48.8 Å². The molecule has 0 spiro atoms. The van der Waals surface area contributed by atoms with E-state index in [1.807, 2.05) is 32.5 Å². The third-order valence-electron chi connectivity index (χ3n) is 3.53. The van der Waals surface area contributed by atoms with Gasteiger partial charge < -0.3 is 5.32 Å². The molecule has 2 aromatic rings. The van der Waals surface area contributed by atoms with Crippen LogP contribution in [0.3, 0.4) is 0 Å². The van der Waals surface area contributed by atoms with E-state index in [0.29, 0.717) is 4.47 Å². The van der Waals surface area contributed by atoms with E-state index in [1.165, 1.54) is 6.07 Å². The summed E-state index contributed by atoms with van der Waals surface area (Å²) in [7, 11) is 1.92. The molecule has 6 nitrogen and oxygen atoms in total. The smallest absolute Gasteiger partial charge is 0.283 e. The summed E-state index contributed by atoms with van der Waals surface area (Å²) in [4.78, 5) is 10.4. The fraction of sp³-hybridized carbons (Fsp3) is 0.357. The average molecular weight is 353 g/mol. The van der Waals surface area contributed by atoms with Gasteiger partial charge in [0.2, 0.25) is 0 Å². The molecule has 7 heteroatoms. The van der Waals surface area contributed by atoms with Crippen LogP contribution in [0.4, 0.5) is 11.4 Å². The van der Waals surface area contributed by atoms with E-state index in [2.05, 4.69) is 26.3 Å². The molecule has 0 aliphatic heterocycles. The first kappa shape index (κ1) is 15.5. The second kappa shape index (κ2) is 5.85. The van der Waals surface area contributed by atoms with E-state index in [9.17, 15) is 10.1 Å². The number of aryl methyl sites for hydroxylation is 2. The third kappa shape index (κ3) is 3.07. The lowest BCUT2D eigenvalue weighted by molar-refractivity contribution is -0.385. The molecule has 0 bridgehead atoms. The molecular weight excluding hydrogens is 336 g/mol. The molecule has 0 saturated heterocycles. The molecule has 0 amide bonds.